The Bertz CT molecular complexity index is 1030. The van der Waals surface area contributed by atoms with Crippen LogP contribution in [-0.4, -0.2) is 61.8 Å². The first-order chi connectivity index (χ1) is 15.2. The van der Waals surface area contributed by atoms with Crippen molar-refractivity contribution in [1.82, 2.24) is 9.88 Å². The van der Waals surface area contributed by atoms with E-state index >= 15 is 0 Å². The summed E-state index contributed by atoms with van der Waals surface area (Å²) in [5, 5.41) is 0.624. The number of nitrogens with zero attached hydrogens (tertiary/aromatic N) is 3. The Balaban J connectivity index is 0.00000289. The van der Waals surface area contributed by atoms with Gasteiger partial charge in [-0.3, -0.25) is 14.6 Å². The molecule has 1 amide bonds. The van der Waals surface area contributed by atoms with E-state index in [2.05, 4.69) is 4.90 Å². The van der Waals surface area contributed by atoms with Crippen LogP contribution in [0.15, 0.2) is 42.5 Å². The van der Waals surface area contributed by atoms with Crippen molar-refractivity contribution in [3.05, 3.63) is 53.8 Å². The van der Waals surface area contributed by atoms with E-state index in [9.17, 15) is 9.18 Å². The van der Waals surface area contributed by atoms with Gasteiger partial charge in [-0.15, -0.1) is 12.4 Å². The van der Waals surface area contributed by atoms with Crippen molar-refractivity contribution in [1.29, 1.82) is 0 Å². The number of hydrogen-bond acceptors (Lipinski definition) is 6. The summed E-state index contributed by atoms with van der Waals surface area (Å²) >= 11 is 1.46. The molecule has 0 unspecified atom stereocenters. The van der Waals surface area contributed by atoms with Crippen molar-refractivity contribution >= 4 is 45.0 Å². The third-order valence-corrected chi connectivity index (χ3v) is 6.24. The van der Waals surface area contributed by atoms with Crippen molar-refractivity contribution in [3.8, 4) is 5.75 Å². The Kier molecular flexibility index (Phi) is 8.81. The van der Waals surface area contributed by atoms with E-state index in [1.54, 1.807) is 4.90 Å². The number of anilines is 1. The summed E-state index contributed by atoms with van der Waals surface area (Å²) in [6, 6.07) is 11.5. The van der Waals surface area contributed by atoms with Crippen molar-refractivity contribution in [2.45, 2.75) is 13.3 Å². The highest BCUT2D eigenvalue weighted by atomic mass is 35.5. The number of hydrogen-bond donors (Lipinski definition) is 0. The second kappa shape index (κ2) is 11.6. The average Bonchev–Trinajstić information content (AvgIpc) is 3.23. The molecule has 9 heteroatoms. The van der Waals surface area contributed by atoms with Gasteiger partial charge in [-0.1, -0.05) is 17.4 Å². The van der Waals surface area contributed by atoms with Crippen LogP contribution in [0.2, 0.25) is 0 Å². The summed E-state index contributed by atoms with van der Waals surface area (Å²) in [7, 11) is 0. The number of rotatable bonds is 8. The van der Waals surface area contributed by atoms with E-state index in [0.29, 0.717) is 29.6 Å². The lowest BCUT2D eigenvalue weighted by Crippen LogP contribution is -2.39. The molecule has 1 saturated heterocycles. The smallest absolute Gasteiger partial charge is 0.260 e. The molecule has 0 bridgehead atoms. The van der Waals surface area contributed by atoms with Crippen molar-refractivity contribution in [3.63, 3.8) is 0 Å². The zero-order valence-electron chi connectivity index (χ0n) is 18.0. The van der Waals surface area contributed by atoms with Gasteiger partial charge in [0.25, 0.3) is 5.91 Å². The fourth-order valence-electron chi connectivity index (χ4n) is 3.61. The second-order valence-corrected chi connectivity index (χ2v) is 8.31. The molecule has 0 aliphatic carbocycles. The number of ether oxygens (including phenoxy) is 2. The Hall–Kier alpha value is -2.26. The Labute approximate surface area is 197 Å². The highest BCUT2D eigenvalue weighted by Gasteiger charge is 2.23. The lowest BCUT2D eigenvalue weighted by Gasteiger charge is -2.27. The third kappa shape index (κ3) is 5.75. The Morgan fingerprint density at radius 1 is 1.22 bits per heavy atom. The molecule has 1 aliphatic heterocycles. The number of halogens is 2. The zero-order chi connectivity index (χ0) is 21.6. The van der Waals surface area contributed by atoms with Gasteiger partial charge in [-0.05, 0) is 49.7 Å². The highest BCUT2D eigenvalue weighted by Crippen LogP contribution is 2.35. The number of thiazole rings is 1. The summed E-state index contributed by atoms with van der Waals surface area (Å²) in [5.41, 5.74) is 1.20. The van der Waals surface area contributed by atoms with Gasteiger partial charge in [-0.25, -0.2) is 9.37 Å². The van der Waals surface area contributed by atoms with Crippen LogP contribution in [0.5, 0.6) is 5.75 Å². The van der Waals surface area contributed by atoms with Crippen LogP contribution in [0, 0.1) is 5.82 Å². The topological polar surface area (TPSA) is 54.9 Å². The quantitative estimate of drug-likeness (QED) is 0.471. The minimum Gasteiger partial charge on any atom is -0.492 e. The molecule has 2 heterocycles. The number of amides is 1. The number of benzene rings is 2. The summed E-state index contributed by atoms with van der Waals surface area (Å²) in [4.78, 5) is 22.1. The lowest BCUT2D eigenvalue weighted by atomic mass is 10.2. The predicted octanol–water partition coefficient (Wildman–Crippen LogP) is 4.63. The molecule has 0 atom stereocenters. The average molecular weight is 480 g/mol. The molecule has 0 N–H and O–H groups in total. The van der Waals surface area contributed by atoms with Crippen LogP contribution in [0.1, 0.15) is 23.7 Å². The van der Waals surface area contributed by atoms with Gasteiger partial charge < -0.3 is 9.47 Å². The minimum atomic E-state index is -0.364. The number of fused-ring (bicyclic) bond motifs is 1. The molecule has 0 spiro atoms. The first-order valence-corrected chi connectivity index (χ1v) is 11.4. The standard InChI is InChI=1S/C23H26FN3O3S.ClH/c1-2-30-19-5-3-6-20-21(19)25-23(31-20)27(12-4-11-26-13-15-29-16-14-26)22(28)17-7-9-18(24)10-8-17;/h3,5-10H,2,4,11-16H2,1H3;1H. The predicted molar refractivity (Wildman–Crippen MR) is 128 cm³/mol. The van der Waals surface area contributed by atoms with E-state index in [4.69, 9.17) is 14.5 Å². The molecular weight excluding hydrogens is 453 g/mol. The number of aromatic nitrogens is 1. The van der Waals surface area contributed by atoms with Crippen molar-refractivity contribution in [2.75, 3.05) is 50.9 Å². The van der Waals surface area contributed by atoms with Crippen molar-refractivity contribution in [2.24, 2.45) is 0 Å². The molecule has 2 aromatic carbocycles. The Morgan fingerprint density at radius 2 is 1.97 bits per heavy atom. The van der Waals surface area contributed by atoms with Gasteiger partial charge in [0, 0.05) is 31.7 Å². The molecule has 1 fully saturated rings. The maximum absolute atomic E-state index is 13.4. The van der Waals surface area contributed by atoms with Gasteiger partial charge in [-0.2, -0.15) is 0 Å². The highest BCUT2D eigenvalue weighted by molar-refractivity contribution is 7.22. The van der Waals surface area contributed by atoms with Crippen LogP contribution in [-0.2, 0) is 4.74 Å². The van der Waals surface area contributed by atoms with Crippen LogP contribution in [0.3, 0.4) is 0 Å². The minimum absolute atomic E-state index is 0. The van der Waals surface area contributed by atoms with E-state index in [1.165, 1.54) is 35.6 Å². The summed E-state index contributed by atoms with van der Waals surface area (Å²) < 4.78 is 25.5. The SMILES string of the molecule is CCOc1cccc2sc(N(CCCN3CCOCC3)C(=O)c3ccc(F)cc3)nc12.Cl. The normalized spacial score (nSPS) is 14.2. The van der Waals surface area contributed by atoms with Crippen LogP contribution >= 0.6 is 23.7 Å². The number of para-hydroxylation sites is 1. The monoisotopic (exact) mass is 479 g/mol. The molecular formula is C23H27ClFN3O3S. The fraction of sp³-hybridized carbons (Fsp3) is 0.391. The van der Waals surface area contributed by atoms with E-state index in [1.807, 2.05) is 25.1 Å². The van der Waals surface area contributed by atoms with Gasteiger partial charge in [0.2, 0.25) is 0 Å². The van der Waals surface area contributed by atoms with E-state index < -0.39 is 0 Å². The summed E-state index contributed by atoms with van der Waals surface area (Å²) in [6.45, 7) is 7.19. The summed E-state index contributed by atoms with van der Waals surface area (Å²) in [6.07, 6.45) is 0.807. The Morgan fingerprint density at radius 3 is 2.69 bits per heavy atom. The zero-order valence-corrected chi connectivity index (χ0v) is 19.6. The van der Waals surface area contributed by atoms with Gasteiger partial charge in [0.05, 0.1) is 24.5 Å². The molecule has 1 aromatic heterocycles. The molecule has 172 valence electrons. The largest absolute Gasteiger partial charge is 0.492 e. The lowest BCUT2D eigenvalue weighted by molar-refractivity contribution is 0.0376. The number of morpholine rings is 1. The van der Waals surface area contributed by atoms with E-state index in [-0.39, 0.29) is 24.1 Å². The van der Waals surface area contributed by atoms with Gasteiger partial charge in [0.1, 0.15) is 17.1 Å². The number of carbonyl (C=O) groups is 1. The van der Waals surface area contributed by atoms with Crippen LogP contribution < -0.4 is 9.64 Å². The maximum atomic E-state index is 13.4. The molecule has 6 nitrogen and oxygen atoms in total. The van der Waals surface area contributed by atoms with Gasteiger partial charge >= 0.3 is 0 Å². The molecule has 3 aromatic rings. The fourth-order valence-corrected chi connectivity index (χ4v) is 4.62. The summed E-state index contributed by atoms with van der Waals surface area (Å²) in [5.74, 6) is 0.167. The first-order valence-electron chi connectivity index (χ1n) is 10.6. The first kappa shape index (κ1) is 24.4. The molecule has 0 radical (unpaired) electrons. The molecule has 0 saturated carbocycles. The maximum Gasteiger partial charge on any atom is 0.260 e. The molecule has 1 aliphatic rings. The molecule has 4 rings (SSSR count). The number of carbonyl (C=O) groups excluding carboxylic acids is 1. The van der Waals surface area contributed by atoms with Gasteiger partial charge in [0.15, 0.2) is 5.13 Å². The third-order valence-electron chi connectivity index (χ3n) is 5.20. The van der Waals surface area contributed by atoms with Crippen LogP contribution in [0.25, 0.3) is 10.2 Å². The second-order valence-electron chi connectivity index (χ2n) is 7.30. The van der Waals surface area contributed by atoms with E-state index in [0.717, 1.165) is 49.5 Å². The van der Waals surface area contributed by atoms with Crippen molar-refractivity contribution < 1.29 is 18.7 Å². The van der Waals surface area contributed by atoms with Crippen LogP contribution in [0.4, 0.5) is 9.52 Å². The molecule has 32 heavy (non-hydrogen) atoms.